The maximum absolute atomic E-state index is 12.4. The van der Waals surface area contributed by atoms with Gasteiger partial charge >= 0.3 is 0 Å². The molecule has 0 radical (unpaired) electrons. The maximum Gasteiger partial charge on any atom is 0.163 e. The number of fused-ring (bicyclic) bond motifs is 2. The third kappa shape index (κ3) is 3.58. The Morgan fingerprint density at radius 1 is 1.12 bits per heavy atom. The summed E-state index contributed by atoms with van der Waals surface area (Å²) in [6.07, 6.45) is 3.93. The Kier molecular flexibility index (Phi) is 4.99. The lowest BCUT2D eigenvalue weighted by molar-refractivity contribution is 0.101. The van der Waals surface area contributed by atoms with Crippen molar-refractivity contribution in [3.05, 3.63) is 60.0 Å². The number of carbonyl (C=O) groups is 1. The molecule has 4 aromatic rings. The largest absolute Gasteiger partial charge is 0.351 e. The Labute approximate surface area is 197 Å². The van der Waals surface area contributed by atoms with Gasteiger partial charge in [-0.1, -0.05) is 0 Å². The summed E-state index contributed by atoms with van der Waals surface area (Å²) in [6, 6.07) is 14.5. The highest BCUT2D eigenvalue weighted by Gasteiger charge is 2.39. The van der Waals surface area contributed by atoms with E-state index >= 15 is 0 Å². The summed E-state index contributed by atoms with van der Waals surface area (Å²) >= 11 is 0. The first kappa shape index (κ1) is 20.7. The second kappa shape index (κ2) is 8.18. The fourth-order valence-corrected chi connectivity index (χ4v) is 5.08. The normalized spacial score (nSPS) is 19.5. The summed E-state index contributed by atoms with van der Waals surface area (Å²) in [7, 11) is 0. The molecule has 0 aliphatic carbocycles. The first-order valence-electron chi connectivity index (χ1n) is 11.6. The molecule has 0 bridgehead atoms. The summed E-state index contributed by atoms with van der Waals surface area (Å²) in [5.74, 6) is 2.25. The van der Waals surface area contributed by atoms with Crippen LogP contribution in [0, 0.1) is 6.92 Å². The van der Waals surface area contributed by atoms with Crippen LogP contribution in [-0.2, 0) is 0 Å². The summed E-state index contributed by atoms with van der Waals surface area (Å²) in [5.41, 5.74) is 4.21. The number of ketones is 1. The Bertz CT molecular complexity index is 1380. The number of hydrogen-bond acceptors (Lipinski definition) is 8. The monoisotopic (exact) mass is 454 g/mol. The first-order chi connectivity index (χ1) is 16.6. The van der Waals surface area contributed by atoms with Gasteiger partial charge in [0.25, 0.3) is 0 Å². The van der Waals surface area contributed by atoms with E-state index in [9.17, 15) is 4.79 Å². The van der Waals surface area contributed by atoms with E-state index in [1.54, 1.807) is 13.3 Å². The van der Waals surface area contributed by atoms with Crippen LogP contribution < -0.4 is 15.5 Å². The SMILES string of the molecule is CC(=O)c1ccc(-n2cnc3cc(Nc4ccc(C)nn4)ccc32)nc1N1CCC2NCCC21. The average molecular weight is 455 g/mol. The van der Waals surface area contributed by atoms with Crippen LogP contribution in [-0.4, -0.2) is 55.7 Å². The molecular weight excluding hydrogens is 428 g/mol. The Hall–Kier alpha value is -3.85. The number of carbonyl (C=O) groups excluding carboxylic acids is 1. The van der Waals surface area contributed by atoms with Gasteiger partial charge in [-0.15, -0.1) is 5.10 Å². The van der Waals surface area contributed by atoms with Crippen LogP contribution in [0.5, 0.6) is 0 Å². The first-order valence-corrected chi connectivity index (χ1v) is 11.6. The minimum absolute atomic E-state index is 0.0360. The second-order valence-corrected chi connectivity index (χ2v) is 9.00. The van der Waals surface area contributed by atoms with Gasteiger partial charge in [0.2, 0.25) is 0 Å². The van der Waals surface area contributed by atoms with E-state index < -0.39 is 0 Å². The molecule has 2 atom stereocenters. The van der Waals surface area contributed by atoms with Gasteiger partial charge in [-0.25, -0.2) is 9.97 Å². The van der Waals surface area contributed by atoms with Crippen molar-refractivity contribution in [1.29, 1.82) is 0 Å². The van der Waals surface area contributed by atoms with Crippen LogP contribution >= 0.6 is 0 Å². The molecule has 9 heteroatoms. The number of imidazole rings is 1. The molecule has 0 spiro atoms. The summed E-state index contributed by atoms with van der Waals surface area (Å²) in [4.78, 5) is 24.3. The zero-order valence-corrected chi connectivity index (χ0v) is 19.2. The standard InChI is InChI=1S/C25H26N8O/c1-15-3-7-23(31-30-15)28-17-4-6-21-20(13-17)27-14-33(21)24-8-5-18(16(2)34)25(29-24)32-12-10-19-22(32)9-11-26-19/h3-8,13-14,19,22,26H,9-12H2,1-2H3,(H,28,31). The van der Waals surface area contributed by atoms with E-state index in [0.717, 1.165) is 60.0 Å². The minimum atomic E-state index is 0.0360. The number of aromatic nitrogens is 5. The van der Waals surface area contributed by atoms with Gasteiger partial charge in [0.15, 0.2) is 11.6 Å². The van der Waals surface area contributed by atoms with Crippen molar-refractivity contribution in [2.24, 2.45) is 0 Å². The van der Waals surface area contributed by atoms with Crippen LogP contribution in [0.25, 0.3) is 16.9 Å². The Morgan fingerprint density at radius 3 is 2.85 bits per heavy atom. The van der Waals surface area contributed by atoms with E-state index in [1.165, 1.54) is 0 Å². The zero-order chi connectivity index (χ0) is 23.2. The molecule has 0 saturated carbocycles. The minimum Gasteiger partial charge on any atom is -0.351 e. The molecule has 2 aliphatic rings. The molecule has 3 aromatic heterocycles. The fourth-order valence-electron chi connectivity index (χ4n) is 5.08. The van der Waals surface area contributed by atoms with Crippen molar-refractivity contribution < 1.29 is 4.79 Å². The molecule has 2 unspecified atom stereocenters. The van der Waals surface area contributed by atoms with E-state index in [1.807, 2.05) is 54.0 Å². The van der Waals surface area contributed by atoms with E-state index in [4.69, 9.17) is 4.98 Å². The second-order valence-electron chi connectivity index (χ2n) is 9.00. The van der Waals surface area contributed by atoms with E-state index in [2.05, 4.69) is 30.7 Å². The number of aryl methyl sites for hydroxylation is 1. The van der Waals surface area contributed by atoms with Gasteiger partial charge in [0.1, 0.15) is 18.0 Å². The predicted molar refractivity (Wildman–Crippen MR) is 131 cm³/mol. The lowest BCUT2D eigenvalue weighted by Crippen LogP contribution is -2.35. The molecule has 0 amide bonds. The van der Waals surface area contributed by atoms with Crippen molar-refractivity contribution in [3.8, 4) is 5.82 Å². The number of pyridine rings is 1. The van der Waals surface area contributed by atoms with Crippen molar-refractivity contribution in [1.82, 2.24) is 30.0 Å². The molecule has 34 heavy (non-hydrogen) atoms. The molecule has 2 N–H and O–H groups in total. The van der Waals surface area contributed by atoms with Crippen molar-refractivity contribution >= 4 is 34.1 Å². The smallest absolute Gasteiger partial charge is 0.163 e. The molecule has 2 aliphatic heterocycles. The van der Waals surface area contributed by atoms with Gasteiger partial charge in [-0.05, 0) is 75.7 Å². The van der Waals surface area contributed by atoms with E-state index in [0.29, 0.717) is 23.5 Å². The topological polar surface area (TPSA) is 101 Å². The fraction of sp³-hybridized carbons (Fsp3) is 0.320. The molecular formula is C25H26N8O. The molecule has 9 nitrogen and oxygen atoms in total. The van der Waals surface area contributed by atoms with Crippen LogP contribution in [0.4, 0.5) is 17.3 Å². The van der Waals surface area contributed by atoms with Gasteiger partial charge in [-0.3, -0.25) is 9.36 Å². The van der Waals surface area contributed by atoms with Crippen LogP contribution in [0.2, 0.25) is 0 Å². The number of rotatable bonds is 5. The maximum atomic E-state index is 12.4. The van der Waals surface area contributed by atoms with Gasteiger partial charge < -0.3 is 15.5 Å². The van der Waals surface area contributed by atoms with Gasteiger partial charge in [0.05, 0.1) is 22.3 Å². The molecule has 172 valence electrons. The molecule has 5 heterocycles. The van der Waals surface area contributed by atoms with Crippen molar-refractivity contribution in [2.45, 2.75) is 38.8 Å². The van der Waals surface area contributed by atoms with E-state index in [-0.39, 0.29) is 5.78 Å². The Morgan fingerprint density at radius 2 is 2.03 bits per heavy atom. The highest BCUT2D eigenvalue weighted by molar-refractivity contribution is 5.99. The quantitative estimate of drug-likeness (QED) is 0.443. The molecule has 6 rings (SSSR count). The summed E-state index contributed by atoms with van der Waals surface area (Å²) in [5, 5.41) is 15.1. The van der Waals surface area contributed by atoms with Crippen LogP contribution in [0.15, 0.2) is 48.8 Å². The summed E-state index contributed by atoms with van der Waals surface area (Å²) in [6.45, 7) is 5.43. The molecule has 2 saturated heterocycles. The van der Waals surface area contributed by atoms with Crippen LogP contribution in [0.1, 0.15) is 35.8 Å². The third-order valence-corrected chi connectivity index (χ3v) is 6.77. The number of benzene rings is 1. The zero-order valence-electron chi connectivity index (χ0n) is 19.2. The lowest BCUT2D eigenvalue weighted by atomic mass is 10.1. The van der Waals surface area contributed by atoms with Crippen LogP contribution in [0.3, 0.4) is 0 Å². The highest BCUT2D eigenvalue weighted by Crippen LogP contribution is 2.33. The number of hydrogen-bond donors (Lipinski definition) is 2. The predicted octanol–water partition coefficient (Wildman–Crippen LogP) is 3.41. The number of nitrogens with zero attached hydrogens (tertiary/aromatic N) is 6. The molecule has 2 fully saturated rings. The third-order valence-electron chi connectivity index (χ3n) is 6.77. The highest BCUT2D eigenvalue weighted by atomic mass is 16.1. The van der Waals surface area contributed by atoms with Gasteiger partial charge in [0, 0.05) is 24.3 Å². The number of Topliss-reactive ketones (excluding diaryl/α,β-unsaturated/α-hetero) is 1. The molecule has 1 aromatic carbocycles. The van der Waals surface area contributed by atoms with Gasteiger partial charge in [-0.2, -0.15) is 5.10 Å². The van der Waals surface area contributed by atoms with Crippen molar-refractivity contribution in [3.63, 3.8) is 0 Å². The summed E-state index contributed by atoms with van der Waals surface area (Å²) < 4.78 is 1.97. The number of nitrogens with one attached hydrogen (secondary N) is 2. The van der Waals surface area contributed by atoms with Crippen molar-refractivity contribution in [2.75, 3.05) is 23.3 Å². The number of anilines is 3. The average Bonchev–Trinajstić information content (AvgIpc) is 3.56. The Balaban J connectivity index is 1.35. The lowest BCUT2D eigenvalue weighted by Gasteiger charge is -2.26.